The number of aliphatic hydroxyl groups excluding tert-OH is 17. The van der Waals surface area contributed by atoms with E-state index in [0.717, 1.165) is 0 Å². The molecule has 0 spiro atoms. The van der Waals surface area contributed by atoms with Crippen molar-refractivity contribution in [1.29, 1.82) is 0 Å². The Morgan fingerprint density at radius 1 is 0.268 bits per heavy atom. The van der Waals surface area contributed by atoms with E-state index in [1.807, 2.05) is 0 Å². The maximum atomic E-state index is 11.3. The second-order valence-corrected chi connectivity index (χ2v) is 19.1. The summed E-state index contributed by atoms with van der Waals surface area (Å²) in [5, 5.41) is 173. The van der Waals surface area contributed by atoms with Gasteiger partial charge in [0.05, 0.1) is 103 Å². The van der Waals surface area contributed by atoms with Gasteiger partial charge in [-0.05, 0) is 0 Å². The highest BCUT2D eigenvalue weighted by molar-refractivity contribution is 8.01. The third-order valence-electron chi connectivity index (χ3n) is 10.3. The van der Waals surface area contributed by atoms with Gasteiger partial charge in [-0.1, -0.05) is 0 Å². The van der Waals surface area contributed by atoms with Crippen molar-refractivity contribution in [2.24, 2.45) is 0 Å². The van der Waals surface area contributed by atoms with E-state index in [4.69, 9.17) is 23.7 Å². The zero-order valence-corrected chi connectivity index (χ0v) is 32.5. The Morgan fingerprint density at radius 2 is 0.518 bits per heavy atom. The van der Waals surface area contributed by atoms with Crippen molar-refractivity contribution < 1.29 is 110 Å². The van der Waals surface area contributed by atoms with Crippen LogP contribution in [0.3, 0.4) is 0 Å². The molecule has 5 aliphatic heterocycles. The Bertz CT molecular complexity index is 1210. The van der Waals surface area contributed by atoms with E-state index in [0.29, 0.717) is 47.0 Å². The minimum atomic E-state index is -1.81. The van der Waals surface area contributed by atoms with Crippen LogP contribution >= 0.6 is 47.0 Å². The molecule has 25 atom stereocenters. The summed E-state index contributed by atoms with van der Waals surface area (Å²) in [5.41, 5.74) is -5.56. The molecule has 5 aliphatic rings. The Balaban J connectivity index is 1.22. The lowest BCUT2D eigenvalue weighted by molar-refractivity contribution is -0.249. The van der Waals surface area contributed by atoms with Crippen LogP contribution in [0.15, 0.2) is 0 Å². The van der Waals surface area contributed by atoms with Gasteiger partial charge in [0, 0.05) is 0 Å². The van der Waals surface area contributed by atoms with Gasteiger partial charge in [-0.2, -0.15) is 0 Å². The molecule has 0 radical (unpaired) electrons. The van der Waals surface area contributed by atoms with Crippen molar-refractivity contribution in [3.05, 3.63) is 0 Å². The van der Waals surface area contributed by atoms with E-state index in [1.165, 1.54) is 0 Å². The summed E-state index contributed by atoms with van der Waals surface area (Å²) >= 11 is 2.67. The molecule has 22 nitrogen and oxygen atoms in total. The van der Waals surface area contributed by atoms with Crippen LogP contribution in [0.4, 0.5) is 0 Å². The summed E-state index contributed by atoms with van der Waals surface area (Å²) in [6.45, 7) is -3.67. The van der Waals surface area contributed by atoms with Crippen LogP contribution in [0.25, 0.3) is 0 Å². The first-order chi connectivity index (χ1) is 26.5. The number of ether oxygens (including phenoxy) is 5. The van der Waals surface area contributed by atoms with Crippen molar-refractivity contribution in [2.45, 2.75) is 147 Å². The molecule has 0 amide bonds. The summed E-state index contributed by atoms with van der Waals surface area (Å²) in [5.74, 6) is 0. The van der Waals surface area contributed by atoms with Crippen LogP contribution in [0.1, 0.15) is 0 Å². The van der Waals surface area contributed by atoms with Crippen LogP contribution in [0.2, 0.25) is 0 Å². The monoisotopic (exact) mass is 892 g/mol. The molecule has 5 heterocycles. The predicted molar refractivity (Wildman–Crippen MR) is 193 cm³/mol. The maximum absolute atomic E-state index is 11.3. The summed E-state index contributed by atoms with van der Waals surface area (Å²) in [6, 6.07) is 0. The van der Waals surface area contributed by atoms with Crippen LogP contribution in [-0.2, 0) is 23.7 Å². The molecule has 5 saturated heterocycles. The van der Waals surface area contributed by atoms with Gasteiger partial charge in [0.1, 0.15) is 70.6 Å². The fraction of sp³-hybridized carbons (Fsp3) is 1.00. The van der Waals surface area contributed by atoms with Gasteiger partial charge in [-0.3, -0.25) is 0 Å². The minimum absolute atomic E-state index is 0.661. The zero-order chi connectivity index (χ0) is 41.3. The summed E-state index contributed by atoms with van der Waals surface area (Å²) in [6.07, 6.45) is -27.1. The smallest absolute Gasteiger partial charge is 0.183 e. The molecular weight excluding hydrogens is 841 g/mol. The normalized spacial score (nSPS) is 53.2. The molecule has 0 aromatic heterocycles. The molecule has 5 fully saturated rings. The second kappa shape index (κ2) is 20.6. The molecule has 0 saturated carbocycles. The average molecular weight is 893 g/mol. The van der Waals surface area contributed by atoms with Gasteiger partial charge < -0.3 is 110 Å². The van der Waals surface area contributed by atoms with Crippen molar-refractivity contribution in [2.75, 3.05) is 33.0 Å². The van der Waals surface area contributed by atoms with E-state index in [9.17, 15) is 86.8 Å². The van der Waals surface area contributed by atoms with Crippen molar-refractivity contribution in [1.82, 2.24) is 0 Å². The molecule has 17 N–H and O–H groups in total. The first-order valence-corrected chi connectivity index (χ1v) is 21.4. The Morgan fingerprint density at radius 3 is 0.821 bits per heavy atom. The molecule has 0 aliphatic carbocycles. The van der Waals surface area contributed by atoms with Crippen molar-refractivity contribution in [3.63, 3.8) is 0 Å². The quantitative estimate of drug-likeness (QED) is 0.0816. The molecule has 56 heavy (non-hydrogen) atoms. The number of rotatable bonds is 13. The highest BCUT2D eigenvalue weighted by Gasteiger charge is 2.55. The lowest BCUT2D eigenvalue weighted by atomic mass is 10.0. The van der Waals surface area contributed by atoms with E-state index in [-0.39, 0.29) is 0 Å². The number of hydrogen-bond donors (Lipinski definition) is 17. The minimum Gasteiger partial charge on any atom is -0.394 e. The molecule has 26 heteroatoms. The maximum Gasteiger partial charge on any atom is 0.183 e. The van der Waals surface area contributed by atoms with Crippen molar-refractivity contribution >= 4 is 47.0 Å². The van der Waals surface area contributed by atoms with E-state index < -0.39 is 180 Å². The lowest BCUT2D eigenvalue weighted by Crippen LogP contribution is -2.63. The van der Waals surface area contributed by atoms with Gasteiger partial charge >= 0.3 is 0 Å². The van der Waals surface area contributed by atoms with Gasteiger partial charge in [0.2, 0.25) is 0 Å². The highest BCUT2D eigenvalue weighted by Crippen LogP contribution is 2.46. The molecule has 5 rings (SSSR count). The predicted octanol–water partition coefficient (Wildman–Crippen LogP) is -9.06. The largest absolute Gasteiger partial charge is 0.394 e. The van der Waals surface area contributed by atoms with E-state index >= 15 is 0 Å². The highest BCUT2D eigenvalue weighted by atomic mass is 32.2. The standard InChI is InChI=1S/C30H52O22S4/c31-1-6-11(36)12(37)18(43)27(49-6)54-23-8(3-33)51-29(20(45)14(23)39)56-25-10(5-35)52-30(21(46)16(25)41)55-24-9(4-34)50-28(19(44)15(24)40)53-22-7(2-32)48-26(47)17(42)13(22)38/h6-47H,1-5H2/t6-,7-,8-,9-,10-,11-,12+,13-,14-,15-,16-,17-,18-,19-,20-,21-,22-,23-,24-,25-,26+,27-,28+,29+,30+/m1/s1. The molecular formula is C30H52O22S4. The second-order valence-electron chi connectivity index (χ2n) is 13.9. The third-order valence-corrected chi connectivity index (χ3v) is 16.5. The molecule has 0 bridgehead atoms. The number of aliphatic hydroxyl groups is 17. The first-order valence-electron chi connectivity index (χ1n) is 17.6. The lowest BCUT2D eigenvalue weighted by Gasteiger charge is -2.49. The van der Waals surface area contributed by atoms with E-state index in [2.05, 4.69) is 0 Å². The molecule has 0 unspecified atom stereocenters. The van der Waals surface area contributed by atoms with Crippen LogP contribution in [-0.4, -0.2) is 267 Å². The number of thioether (sulfide) groups is 4. The van der Waals surface area contributed by atoms with E-state index in [1.54, 1.807) is 0 Å². The summed E-state index contributed by atoms with van der Waals surface area (Å²) < 4.78 is 28.2. The molecule has 0 aromatic rings. The van der Waals surface area contributed by atoms with Crippen LogP contribution < -0.4 is 0 Å². The Kier molecular flexibility index (Phi) is 17.5. The van der Waals surface area contributed by atoms with Crippen LogP contribution in [0.5, 0.6) is 0 Å². The van der Waals surface area contributed by atoms with Crippen LogP contribution in [0, 0.1) is 0 Å². The molecule has 328 valence electrons. The number of hydrogen-bond acceptors (Lipinski definition) is 26. The average Bonchev–Trinajstić information content (AvgIpc) is 3.19. The van der Waals surface area contributed by atoms with Crippen molar-refractivity contribution in [3.8, 4) is 0 Å². The Hall–Kier alpha value is 0.520. The molecule has 0 aromatic carbocycles. The van der Waals surface area contributed by atoms with Gasteiger partial charge in [0.25, 0.3) is 0 Å². The third kappa shape index (κ3) is 9.76. The first kappa shape index (κ1) is 47.6. The summed E-state index contributed by atoms with van der Waals surface area (Å²) in [7, 11) is 0. The van der Waals surface area contributed by atoms with Gasteiger partial charge in [-0.25, -0.2) is 0 Å². The topological polar surface area (TPSA) is 390 Å². The summed E-state index contributed by atoms with van der Waals surface area (Å²) in [4.78, 5) is 0. The zero-order valence-electron chi connectivity index (χ0n) is 29.2. The fourth-order valence-corrected chi connectivity index (χ4v) is 13.0. The SMILES string of the molecule is OC[C@H]1O[C@H](S[C@H]2[C@H](O)[C@@H](O)[C@H](S[C@H]3[C@H](O)[C@@H](O)[C@H](S[C@H]4[C@H](O)[C@@H](O)[C@H](S[C@H]5[C@H](O)[C@@H](O)[C@@H](O)O[C@@H]5CO)O[C@@H]4CO)O[C@@H]3CO)O[C@@H]2CO)[C@H](O)[C@@H](O)[C@@H]1O. The van der Waals surface area contributed by atoms with Gasteiger partial charge in [0.15, 0.2) is 6.29 Å². The Labute approximate surface area is 336 Å². The fourth-order valence-electron chi connectivity index (χ4n) is 7.03. The van der Waals surface area contributed by atoms with Gasteiger partial charge in [-0.15, -0.1) is 47.0 Å².